The number of allylic oxidation sites excluding steroid dienone is 2. The SMILES string of the molecule is CCN1CCS/C1=C/C(Cl)=C/C1=[N+](CC)CCS1. The van der Waals surface area contributed by atoms with Gasteiger partial charge in [0, 0.05) is 24.9 Å². The summed E-state index contributed by atoms with van der Waals surface area (Å²) in [4.78, 5) is 2.38. The summed E-state index contributed by atoms with van der Waals surface area (Å²) in [6.07, 6.45) is 4.23. The Bertz CT molecular complexity index is 402. The van der Waals surface area contributed by atoms with E-state index in [1.165, 1.54) is 21.6 Å². The first-order chi connectivity index (χ1) is 8.74. The van der Waals surface area contributed by atoms with Crippen LogP contribution in [0.2, 0.25) is 0 Å². The average molecular weight is 304 g/mol. The van der Waals surface area contributed by atoms with Gasteiger partial charge in [-0.05, 0) is 19.9 Å². The standard InChI is InChI=1S/C13H20ClN2S2/c1-3-15-5-7-17-12(15)9-11(14)10-13-16(4-2)6-8-18-13/h9-10H,3-8H2,1-2H3/q+1. The largest absolute Gasteiger partial charge is 0.366 e. The molecule has 0 aromatic rings. The molecule has 1 saturated heterocycles. The first-order valence-electron chi connectivity index (χ1n) is 6.46. The van der Waals surface area contributed by atoms with Gasteiger partial charge in [0.05, 0.1) is 15.8 Å². The van der Waals surface area contributed by atoms with Gasteiger partial charge < -0.3 is 4.90 Å². The summed E-state index contributed by atoms with van der Waals surface area (Å²) in [6, 6.07) is 0. The normalized spacial score (nSPS) is 23.6. The minimum Gasteiger partial charge on any atom is -0.366 e. The summed E-state index contributed by atoms with van der Waals surface area (Å²) in [7, 11) is 0. The molecule has 2 heterocycles. The minimum atomic E-state index is 0.848. The van der Waals surface area contributed by atoms with Crippen LogP contribution in [-0.2, 0) is 0 Å². The molecule has 2 aliphatic heterocycles. The molecule has 100 valence electrons. The van der Waals surface area contributed by atoms with Crippen molar-refractivity contribution in [1.29, 1.82) is 0 Å². The molecule has 0 amide bonds. The van der Waals surface area contributed by atoms with Gasteiger partial charge in [-0.1, -0.05) is 23.4 Å². The van der Waals surface area contributed by atoms with Crippen LogP contribution in [0.4, 0.5) is 0 Å². The van der Waals surface area contributed by atoms with Crippen LogP contribution in [0.15, 0.2) is 22.2 Å². The third kappa shape index (κ3) is 3.49. The predicted octanol–water partition coefficient (Wildman–Crippen LogP) is 3.20. The summed E-state index contributed by atoms with van der Waals surface area (Å²) < 4.78 is 2.38. The lowest BCUT2D eigenvalue weighted by atomic mass is 10.4. The van der Waals surface area contributed by atoms with Gasteiger partial charge in [0.15, 0.2) is 6.54 Å². The zero-order valence-corrected chi connectivity index (χ0v) is 13.4. The first kappa shape index (κ1) is 14.4. The van der Waals surface area contributed by atoms with Crippen LogP contribution in [-0.4, -0.2) is 52.2 Å². The maximum absolute atomic E-state index is 6.37. The van der Waals surface area contributed by atoms with Crippen LogP contribution in [0.25, 0.3) is 0 Å². The molecule has 2 aliphatic rings. The van der Waals surface area contributed by atoms with E-state index in [1.807, 2.05) is 23.5 Å². The molecular weight excluding hydrogens is 284 g/mol. The van der Waals surface area contributed by atoms with Crippen molar-refractivity contribution in [1.82, 2.24) is 4.90 Å². The number of hydrogen-bond acceptors (Lipinski definition) is 3. The Morgan fingerprint density at radius 1 is 1.39 bits per heavy atom. The summed E-state index contributed by atoms with van der Waals surface area (Å²) in [5, 5.41) is 3.47. The van der Waals surface area contributed by atoms with Crippen LogP contribution < -0.4 is 0 Å². The fourth-order valence-corrected chi connectivity index (χ4v) is 4.70. The molecule has 0 bridgehead atoms. The van der Waals surface area contributed by atoms with E-state index in [-0.39, 0.29) is 0 Å². The Morgan fingerprint density at radius 3 is 2.94 bits per heavy atom. The lowest BCUT2D eigenvalue weighted by Crippen LogP contribution is -2.17. The zero-order chi connectivity index (χ0) is 13.0. The number of rotatable bonds is 4. The summed E-state index contributed by atoms with van der Waals surface area (Å²) in [5.41, 5.74) is 0. The van der Waals surface area contributed by atoms with Gasteiger partial charge >= 0.3 is 0 Å². The lowest BCUT2D eigenvalue weighted by molar-refractivity contribution is -0.513. The number of nitrogens with zero attached hydrogens (tertiary/aromatic N) is 2. The van der Waals surface area contributed by atoms with Crippen molar-refractivity contribution in [2.45, 2.75) is 13.8 Å². The van der Waals surface area contributed by atoms with Crippen molar-refractivity contribution < 1.29 is 4.58 Å². The zero-order valence-electron chi connectivity index (χ0n) is 11.0. The fraction of sp³-hybridized carbons (Fsp3) is 0.615. The van der Waals surface area contributed by atoms with Crippen LogP contribution in [0, 0.1) is 0 Å². The highest BCUT2D eigenvalue weighted by molar-refractivity contribution is 8.14. The highest BCUT2D eigenvalue weighted by atomic mass is 35.5. The molecule has 2 nitrogen and oxygen atoms in total. The molecule has 0 aromatic carbocycles. The Labute approximate surface area is 123 Å². The maximum Gasteiger partial charge on any atom is 0.236 e. The Hall–Kier alpha value is -0.0600. The third-order valence-corrected chi connectivity index (χ3v) is 5.47. The Balaban J connectivity index is 2.11. The lowest BCUT2D eigenvalue weighted by Gasteiger charge is -2.15. The van der Waals surface area contributed by atoms with Gasteiger partial charge in [0.25, 0.3) is 0 Å². The van der Waals surface area contributed by atoms with E-state index in [1.54, 1.807) is 0 Å². The van der Waals surface area contributed by atoms with Crippen molar-refractivity contribution in [3.63, 3.8) is 0 Å². The summed E-state index contributed by atoms with van der Waals surface area (Å²) >= 11 is 10.2. The molecule has 0 atom stereocenters. The van der Waals surface area contributed by atoms with E-state index in [4.69, 9.17) is 11.6 Å². The van der Waals surface area contributed by atoms with Crippen molar-refractivity contribution in [2.75, 3.05) is 37.7 Å². The Kier molecular flexibility index (Phi) is 5.52. The molecule has 5 heteroatoms. The Morgan fingerprint density at radius 2 is 2.22 bits per heavy atom. The smallest absolute Gasteiger partial charge is 0.236 e. The van der Waals surface area contributed by atoms with E-state index < -0.39 is 0 Å². The van der Waals surface area contributed by atoms with Gasteiger partial charge in [-0.3, -0.25) is 0 Å². The molecule has 0 unspecified atom stereocenters. The van der Waals surface area contributed by atoms with Gasteiger partial charge in [-0.15, -0.1) is 11.8 Å². The van der Waals surface area contributed by atoms with Crippen molar-refractivity contribution in [3.8, 4) is 0 Å². The van der Waals surface area contributed by atoms with E-state index in [2.05, 4.69) is 35.5 Å². The maximum atomic E-state index is 6.37. The average Bonchev–Trinajstić information content (AvgIpc) is 2.97. The minimum absolute atomic E-state index is 0.848. The van der Waals surface area contributed by atoms with Crippen molar-refractivity contribution in [3.05, 3.63) is 22.2 Å². The molecular formula is C13H20ClN2S2+. The molecule has 0 N–H and O–H groups in total. The van der Waals surface area contributed by atoms with Crippen molar-refractivity contribution >= 4 is 40.2 Å². The quantitative estimate of drug-likeness (QED) is 0.736. The van der Waals surface area contributed by atoms with Crippen LogP contribution in [0.3, 0.4) is 0 Å². The van der Waals surface area contributed by atoms with E-state index in [0.717, 1.165) is 31.2 Å². The fourth-order valence-electron chi connectivity index (χ4n) is 2.10. The molecule has 1 fully saturated rings. The van der Waals surface area contributed by atoms with Crippen LogP contribution in [0.1, 0.15) is 13.8 Å². The molecule has 0 aliphatic carbocycles. The number of halogens is 1. The van der Waals surface area contributed by atoms with E-state index in [9.17, 15) is 0 Å². The third-order valence-electron chi connectivity index (χ3n) is 3.13. The monoisotopic (exact) mass is 303 g/mol. The second-order valence-electron chi connectivity index (χ2n) is 4.21. The predicted molar refractivity (Wildman–Crippen MR) is 84.9 cm³/mol. The van der Waals surface area contributed by atoms with Gasteiger partial charge in [-0.2, -0.15) is 0 Å². The highest BCUT2D eigenvalue weighted by Crippen LogP contribution is 2.29. The van der Waals surface area contributed by atoms with E-state index in [0.29, 0.717) is 0 Å². The van der Waals surface area contributed by atoms with Gasteiger partial charge in [0.1, 0.15) is 6.54 Å². The summed E-state index contributed by atoms with van der Waals surface area (Å²) in [6.45, 7) is 8.80. The van der Waals surface area contributed by atoms with Crippen molar-refractivity contribution in [2.24, 2.45) is 0 Å². The summed E-state index contributed by atoms with van der Waals surface area (Å²) in [5.74, 6) is 2.35. The molecule has 18 heavy (non-hydrogen) atoms. The molecule has 0 saturated carbocycles. The molecule has 0 aromatic heterocycles. The molecule has 0 spiro atoms. The molecule has 2 rings (SSSR count). The number of thioether (sulfide) groups is 2. The number of hydrogen-bond donors (Lipinski definition) is 0. The van der Waals surface area contributed by atoms with Gasteiger partial charge in [-0.25, -0.2) is 4.58 Å². The highest BCUT2D eigenvalue weighted by Gasteiger charge is 2.20. The second kappa shape index (κ2) is 6.92. The van der Waals surface area contributed by atoms with Crippen LogP contribution in [0.5, 0.6) is 0 Å². The van der Waals surface area contributed by atoms with Crippen LogP contribution >= 0.6 is 35.1 Å². The topological polar surface area (TPSA) is 6.25 Å². The first-order valence-corrected chi connectivity index (χ1v) is 8.80. The molecule has 0 radical (unpaired) electrons. The second-order valence-corrected chi connectivity index (χ2v) is 6.87. The van der Waals surface area contributed by atoms with Gasteiger partial charge in [0.2, 0.25) is 5.04 Å². The van der Waals surface area contributed by atoms with E-state index >= 15 is 0 Å².